The zero-order valence-electron chi connectivity index (χ0n) is 5.59. The molecule has 0 aliphatic heterocycles. The standard InChI is InChI=1S/C6H10N2O/c1-8(2)6(9)4-3-5-7/h4-5H,7H2,1-2H3. The van der Waals surface area contributed by atoms with Gasteiger partial charge in [0.05, 0.1) is 0 Å². The van der Waals surface area contributed by atoms with Crippen LogP contribution in [-0.2, 0) is 4.79 Å². The highest BCUT2D eigenvalue weighted by Gasteiger charge is 1.93. The van der Waals surface area contributed by atoms with Crippen LogP contribution in [0.3, 0.4) is 0 Å². The van der Waals surface area contributed by atoms with Crippen molar-refractivity contribution in [3.63, 3.8) is 0 Å². The first-order chi connectivity index (χ1) is 4.18. The van der Waals surface area contributed by atoms with Gasteiger partial charge in [0.2, 0.25) is 0 Å². The predicted molar refractivity (Wildman–Crippen MR) is 35.5 cm³/mol. The topological polar surface area (TPSA) is 46.3 Å². The maximum atomic E-state index is 10.6. The molecule has 0 rings (SSSR count). The van der Waals surface area contributed by atoms with E-state index in [1.807, 2.05) is 0 Å². The van der Waals surface area contributed by atoms with Gasteiger partial charge in [0, 0.05) is 26.4 Å². The summed E-state index contributed by atoms with van der Waals surface area (Å²) in [5.41, 5.74) is 7.40. The van der Waals surface area contributed by atoms with Crippen LogP contribution < -0.4 is 5.73 Å². The first kappa shape index (κ1) is 7.79. The quantitative estimate of drug-likeness (QED) is 0.387. The van der Waals surface area contributed by atoms with Crippen molar-refractivity contribution in [2.75, 3.05) is 14.1 Å². The Labute approximate surface area is 54.4 Å². The number of carbonyl (C=O) groups excluding carboxylic acids is 1. The minimum absolute atomic E-state index is 0.114. The lowest BCUT2D eigenvalue weighted by Gasteiger charge is -2.03. The number of likely N-dealkylation sites (N-methyl/N-ethyl adjacent to an activating group) is 1. The molecule has 0 aromatic carbocycles. The second-order valence-electron chi connectivity index (χ2n) is 1.71. The van der Waals surface area contributed by atoms with Crippen LogP contribution in [0.4, 0.5) is 0 Å². The minimum Gasteiger partial charge on any atom is -0.398 e. The molecule has 2 N–H and O–H groups in total. The zero-order valence-corrected chi connectivity index (χ0v) is 5.59. The largest absolute Gasteiger partial charge is 0.398 e. The van der Waals surface area contributed by atoms with Crippen LogP contribution in [0.25, 0.3) is 0 Å². The first-order valence-electron chi connectivity index (χ1n) is 2.52. The molecule has 0 bridgehead atoms. The van der Waals surface area contributed by atoms with E-state index in [2.05, 4.69) is 5.73 Å². The van der Waals surface area contributed by atoms with E-state index < -0.39 is 0 Å². The Morgan fingerprint density at radius 2 is 2.22 bits per heavy atom. The Balaban J connectivity index is 3.93. The van der Waals surface area contributed by atoms with Crippen LogP contribution in [0.15, 0.2) is 18.0 Å². The first-order valence-corrected chi connectivity index (χ1v) is 2.52. The number of rotatable bonds is 1. The number of carbonyl (C=O) groups is 1. The third-order valence-corrected chi connectivity index (χ3v) is 0.744. The highest BCUT2D eigenvalue weighted by Crippen LogP contribution is 1.77. The molecule has 0 aliphatic rings. The van der Waals surface area contributed by atoms with Gasteiger partial charge in [-0.1, -0.05) is 5.73 Å². The van der Waals surface area contributed by atoms with Gasteiger partial charge in [0.15, 0.2) is 0 Å². The minimum atomic E-state index is -0.114. The smallest absolute Gasteiger partial charge is 0.253 e. The van der Waals surface area contributed by atoms with Crippen molar-refractivity contribution in [1.82, 2.24) is 4.90 Å². The third kappa shape index (κ3) is 3.38. The summed E-state index contributed by atoms with van der Waals surface area (Å²) in [6, 6.07) is 0. The summed E-state index contributed by atoms with van der Waals surface area (Å²) in [4.78, 5) is 12.1. The molecule has 3 heteroatoms. The summed E-state index contributed by atoms with van der Waals surface area (Å²) in [5, 5.41) is 0. The molecule has 0 radical (unpaired) electrons. The summed E-state index contributed by atoms with van der Waals surface area (Å²) >= 11 is 0. The maximum Gasteiger partial charge on any atom is 0.253 e. The summed E-state index contributed by atoms with van der Waals surface area (Å²) in [7, 11) is 3.33. The van der Waals surface area contributed by atoms with Gasteiger partial charge in [-0.2, -0.15) is 0 Å². The van der Waals surface area contributed by atoms with Crippen LogP contribution in [0, 0.1) is 0 Å². The summed E-state index contributed by atoms with van der Waals surface area (Å²) in [6.45, 7) is 0. The Kier molecular flexibility index (Phi) is 3.25. The number of hydrogen-bond acceptors (Lipinski definition) is 2. The summed E-state index contributed by atoms with van der Waals surface area (Å²) in [6.07, 6.45) is 2.47. The lowest BCUT2D eigenvalue weighted by molar-refractivity contribution is -0.123. The van der Waals surface area contributed by atoms with Crippen molar-refractivity contribution in [1.29, 1.82) is 0 Å². The predicted octanol–water partition coefficient (Wildman–Crippen LogP) is -0.298. The van der Waals surface area contributed by atoms with Crippen LogP contribution >= 0.6 is 0 Å². The fourth-order valence-electron chi connectivity index (χ4n) is 0.249. The second-order valence-corrected chi connectivity index (χ2v) is 1.71. The lowest BCUT2D eigenvalue weighted by Crippen LogP contribution is -2.18. The molecule has 1 amide bonds. The van der Waals surface area contributed by atoms with Gasteiger partial charge >= 0.3 is 0 Å². The lowest BCUT2D eigenvalue weighted by atomic mass is 10.5. The Bertz CT molecular complexity index is 154. The van der Waals surface area contributed by atoms with E-state index >= 15 is 0 Å². The van der Waals surface area contributed by atoms with E-state index in [-0.39, 0.29) is 5.91 Å². The van der Waals surface area contributed by atoms with Crippen molar-refractivity contribution in [2.45, 2.75) is 0 Å². The Morgan fingerprint density at radius 1 is 1.67 bits per heavy atom. The summed E-state index contributed by atoms with van der Waals surface area (Å²) < 4.78 is 0. The molecule has 50 valence electrons. The average molecular weight is 126 g/mol. The fourth-order valence-corrected chi connectivity index (χ4v) is 0.249. The van der Waals surface area contributed by atoms with Crippen LogP contribution in [0.2, 0.25) is 0 Å². The molecular formula is C6H10N2O. The molecule has 0 heterocycles. The maximum absolute atomic E-state index is 10.6. The van der Waals surface area contributed by atoms with Crippen molar-refractivity contribution >= 4 is 5.91 Å². The van der Waals surface area contributed by atoms with E-state index in [4.69, 9.17) is 5.73 Å². The molecule has 0 aromatic heterocycles. The van der Waals surface area contributed by atoms with Crippen molar-refractivity contribution in [3.8, 4) is 0 Å². The molecule has 0 saturated heterocycles. The molecule has 0 fully saturated rings. The molecule has 0 unspecified atom stereocenters. The van der Waals surface area contributed by atoms with Gasteiger partial charge in [-0.25, -0.2) is 0 Å². The van der Waals surface area contributed by atoms with Gasteiger partial charge in [-0.3, -0.25) is 4.79 Å². The molecular weight excluding hydrogens is 116 g/mol. The SMILES string of the molecule is CN(C)C(=O)C=C=CN. The van der Waals surface area contributed by atoms with E-state index in [1.54, 1.807) is 14.1 Å². The van der Waals surface area contributed by atoms with E-state index in [9.17, 15) is 4.79 Å². The highest BCUT2D eigenvalue weighted by atomic mass is 16.2. The molecule has 0 spiro atoms. The average Bonchev–Trinajstić information content (AvgIpc) is 1.82. The molecule has 0 atom stereocenters. The number of nitrogens with two attached hydrogens (primary N) is 1. The normalized spacial score (nSPS) is 7.33. The van der Waals surface area contributed by atoms with Gasteiger partial charge in [0.25, 0.3) is 5.91 Å². The Hall–Kier alpha value is -1.21. The van der Waals surface area contributed by atoms with Gasteiger partial charge < -0.3 is 10.6 Å². The molecule has 0 aliphatic carbocycles. The third-order valence-electron chi connectivity index (χ3n) is 0.744. The molecule has 0 aromatic rings. The van der Waals surface area contributed by atoms with Crippen molar-refractivity contribution < 1.29 is 4.79 Å². The Morgan fingerprint density at radius 3 is 2.56 bits per heavy atom. The molecule has 9 heavy (non-hydrogen) atoms. The van der Waals surface area contributed by atoms with Crippen LogP contribution in [0.5, 0.6) is 0 Å². The van der Waals surface area contributed by atoms with Crippen LogP contribution in [-0.4, -0.2) is 24.9 Å². The zero-order chi connectivity index (χ0) is 7.28. The monoisotopic (exact) mass is 126 g/mol. The molecule has 3 nitrogen and oxygen atoms in total. The summed E-state index contributed by atoms with van der Waals surface area (Å²) in [5.74, 6) is -0.114. The molecule has 0 saturated carbocycles. The highest BCUT2D eigenvalue weighted by molar-refractivity contribution is 5.86. The second kappa shape index (κ2) is 3.75. The number of hydrogen-bond donors (Lipinski definition) is 1. The number of nitrogens with zero attached hydrogens (tertiary/aromatic N) is 1. The van der Waals surface area contributed by atoms with Gasteiger partial charge in [-0.15, -0.1) is 0 Å². The van der Waals surface area contributed by atoms with E-state index in [0.717, 1.165) is 0 Å². The van der Waals surface area contributed by atoms with Gasteiger partial charge in [-0.05, 0) is 0 Å². The van der Waals surface area contributed by atoms with E-state index in [1.165, 1.54) is 17.2 Å². The fraction of sp³-hybridized carbons (Fsp3) is 0.333. The van der Waals surface area contributed by atoms with Crippen LogP contribution in [0.1, 0.15) is 0 Å². The van der Waals surface area contributed by atoms with Gasteiger partial charge in [0.1, 0.15) is 0 Å². The van der Waals surface area contributed by atoms with Crippen molar-refractivity contribution in [2.24, 2.45) is 5.73 Å². The van der Waals surface area contributed by atoms with E-state index in [0.29, 0.717) is 0 Å². The van der Waals surface area contributed by atoms with Crippen molar-refractivity contribution in [3.05, 3.63) is 18.0 Å². The number of amides is 1.